The van der Waals surface area contributed by atoms with Gasteiger partial charge in [0.1, 0.15) is 5.76 Å². The number of anilines is 1. The van der Waals surface area contributed by atoms with Crippen molar-refractivity contribution in [1.82, 2.24) is 4.98 Å². The van der Waals surface area contributed by atoms with Crippen LogP contribution < -0.4 is 4.90 Å². The van der Waals surface area contributed by atoms with Crippen molar-refractivity contribution in [2.45, 2.75) is 24.8 Å². The standard InChI is InChI=1S/C22H20N2O4S2/c1-16-7-5-11-19-21(16)23-22(29-19)24(15-17-8-6-13-28-17)20(25)12-14-30(26,27)18-9-3-2-4-10-18/h2-11,13H,12,14-15H2,1H3. The summed E-state index contributed by atoms with van der Waals surface area (Å²) in [6.45, 7) is 2.16. The fourth-order valence-corrected chi connectivity index (χ4v) is 5.42. The quantitative estimate of drug-likeness (QED) is 0.420. The van der Waals surface area contributed by atoms with Gasteiger partial charge in [0.15, 0.2) is 15.0 Å². The molecule has 4 rings (SSSR count). The lowest BCUT2D eigenvalue weighted by Crippen LogP contribution is -2.31. The number of benzene rings is 2. The number of aryl methyl sites for hydroxylation is 1. The third kappa shape index (κ3) is 4.29. The zero-order chi connectivity index (χ0) is 21.1. The van der Waals surface area contributed by atoms with Gasteiger partial charge in [0.2, 0.25) is 5.91 Å². The Morgan fingerprint density at radius 1 is 1.07 bits per heavy atom. The van der Waals surface area contributed by atoms with Crippen LogP contribution in [0.3, 0.4) is 0 Å². The maximum absolute atomic E-state index is 13.1. The van der Waals surface area contributed by atoms with Crippen molar-refractivity contribution >= 4 is 42.4 Å². The fourth-order valence-electron chi connectivity index (χ4n) is 3.11. The number of furan rings is 1. The maximum Gasteiger partial charge on any atom is 0.230 e. The summed E-state index contributed by atoms with van der Waals surface area (Å²) < 4.78 is 31.6. The van der Waals surface area contributed by atoms with Crippen molar-refractivity contribution in [2.75, 3.05) is 10.7 Å². The number of carbonyl (C=O) groups excluding carboxylic acids is 1. The van der Waals surface area contributed by atoms with Crippen molar-refractivity contribution in [3.8, 4) is 0 Å². The van der Waals surface area contributed by atoms with Gasteiger partial charge in [0.25, 0.3) is 0 Å². The summed E-state index contributed by atoms with van der Waals surface area (Å²) >= 11 is 1.40. The second kappa shape index (κ2) is 8.41. The lowest BCUT2D eigenvalue weighted by molar-refractivity contribution is -0.118. The Morgan fingerprint density at radius 2 is 1.87 bits per heavy atom. The number of hydrogen-bond donors (Lipinski definition) is 0. The monoisotopic (exact) mass is 440 g/mol. The van der Waals surface area contributed by atoms with Crippen LogP contribution in [-0.2, 0) is 21.2 Å². The SMILES string of the molecule is Cc1cccc2sc(N(Cc3ccco3)C(=O)CCS(=O)(=O)c3ccccc3)nc12. The van der Waals surface area contributed by atoms with E-state index in [1.165, 1.54) is 28.4 Å². The predicted molar refractivity (Wildman–Crippen MR) is 117 cm³/mol. The van der Waals surface area contributed by atoms with Gasteiger partial charge in [-0.2, -0.15) is 0 Å². The number of rotatable bonds is 7. The van der Waals surface area contributed by atoms with E-state index in [0.717, 1.165) is 15.8 Å². The molecule has 2 aromatic carbocycles. The lowest BCUT2D eigenvalue weighted by Gasteiger charge is -2.18. The summed E-state index contributed by atoms with van der Waals surface area (Å²) in [4.78, 5) is 19.5. The van der Waals surface area contributed by atoms with Crippen LogP contribution >= 0.6 is 11.3 Å². The van der Waals surface area contributed by atoms with Crippen molar-refractivity contribution in [1.29, 1.82) is 0 Å². The Bertz CT molecular complexity index is 1260. The summed E-state index contributed by atoms with van der Waals surface area (Å²) in [6, 6.07) is 17.6. The molecule has 8 heteroatoms. The van der Waals surface area contributed by atoms with E-state index < -0.39 is 9.84 Å². The molecule has 30 heavy (non-hydrogen) atoms. The van der Waals surface area contributed by atoms with E-state index in [2.05, 4.69) is 4.98 Å². The van der Waals surface area contributed by atoms with Crippen LogP contribution in [0.2, 0.25) is 0 Å². The van der Waals surface area contributed by atoms with Crippen molar-refractivity contribution in [3.63, 3.8) is 0 Å². The second-order valence-electron chi connectivity index (χ2n) is 6.86. The highest BCUT2D eigenvalue weighted by molar-refractivity contribution is 7.91. The van der Waals surface area contributed by atoms with Crippen LogP contribution in [0.5, 0.6) is 0 Å². The molecule has 4 aromatic rings. The van der Waals surface area contributed by atoms with E-state index in [9.17, 15) is 13.2 Å². The number of carbonyl (C=O) groups is 1. The van der Waals surface area contributed by atoms with Crippen LogP contribution in [-0.4, -0.2) is 25.1 Å². The molecule has 154 valence electrons. The highest BCUT2D eigenvalue weighted by Gasteiger charge is 2.24. The van der Waals surface area contributed by atoms with Crippen LogP contribution in [0.4, 0.5) is 5.13 Å². The molecule has 2 aromatic heterocycles. The van der Waals surface area contributed by atoms with Gasteiger partial charge in [0, 0.05) is 6.42 Å². The van der Waals surface area contributed by atoms with E-state index in [1.807, 2.05) is 25.1 Å². The molecule has 0 N–H and O–H groups in total. The van der Waals surface area contributed by atoms with Gasteiger partial charge < -0.3 is 4.42 Å². The van der Waals surface area contributed by atoms with E-state index >= 15 is 0 Å². The third-order valence-corrected chi connectivity index (χ3v) is 7.50. The first-order valence-electron chi connectivity index (χ1n) is 9.41. The largest absolute Gasteiger partial charge is 0.467 e. The molecule has 0 bridgehead atoms. The van der Waals surface area contributed by atoms with Crippen molar-refractivity contribution in [3.05, 3.63) is 78.3 Å². The van der Waals surface area contributed by atoms with Gasteiger partial charge in [-0.1, -0.05) is 41.7 Å². The minimum absolute atomic E-state index is 0.146. The van der Waals surface area contributed by atoms with Gasteiger partial charge in [-0.3, -0.25) is 9.69 Å². The first kappa shape index (κ1) is 20.3. The van der Waals surface area contributed by atoms with Gasteiger partial charge in [-0.05, 0) is 42.8 Å². The molecule has 0 aliphatic heterocycles. The van der Waals surface area contributed by atoms with Crippen molar-refractivity contribution < 1.29 is 17.6 Å². The van der Waals surface area contributed by atoms with Gasteiger partial charge in [-0.25, -0.2) is 13.4 Å². The summed E-state index contributed by atoms with van der Waals surface area (Å²) in [7, 11) is -3.55. The molecule has 0 fully saturated rings. The summed E-state index contributed by atoms with van der Waals surface area (Å²) in [5.41, 5.74) is 1.86. The number of para-hydroxylation sites is 1. The molecule has 0 unspecified atom stereocenters. The number of aromatic nitrogens is 1. The molecule has 0 aliphatic rings. The smallest absolute Gasteiger partial charge is 0.230 e. The van der Waals surface area contributed by atoms with Crippen LogP contribution in [0.15, 0.2) is 76.2 Å². The first-order valence-corrected chi connectivity index (χ1v) is 11.9. The van der Waals surface area contributed by atoms with Gasteiger partial charge in [-0.15, -0.1) is 0 Å². The average Bonchev–Trinajstić information content (AvgIpc) is 3.41. The molecule has 0 spiro atoms. The number of thiazole rings is 1. The molecule has 2 heterocycles. The number of amides is 1. The highest BCUT2D eigenvalue weighted by atomic mass is 32.2. The minimum atomic E-state index is -3.55. The highest BCUT2D eigenvalue weighted by Crippen LogP contribution is 2.32. The van der Waals surface area contributed by atoms with E-state index in [0.29, 0.717) is 10.9 Å². The molecule has 6 nitrogen and oxygen atoms in total. The predicted octanol–water partition coefficient (Wildman–Crippen LogP) is 4.59. The molecular formula is C22H20N2O4S2. The van der Waals surface area contributed by atoms with E-state index in [-0.39, 0.29) is 29.5 Å². The molecule has 0 aliphatic carbocycles. The maximum atomic E-state index is 13.1. The molecule has 0 saturated carbocycles. The summed E-state index contributed by atoms with van der Waals surface area (Å²) in [5, 5.41) is 0.526. The topological polar surface area (TPSA) is 80.5 Å². The Morgan fingerprint density at radius 3 is 2.57 bits per heavy atom. The van der Waals surface area contributed by atoms with Crippen LogP contribution in [0.25, 0.3) is 10.2 Å². The molecule has 0 saturated heterocycles. The molecule has 0 radical (unpaired) electrons. The van der Waals surface area contributed by atoms with Gasteiger partial charge in [0.05, 0.1) is 33.7 Å². The average molecular weight is 441 g/mol. The van der Waals surface area contributed by atoms with E-state index in [1.54, 1.807) is 36.6 Å². The number of fused-ring (bicyclic) bond motifs is 1. The molecular weight excluding hydrogens is 420 g/mol. The Labute approximate surface area is 178 Å². The normalized spacial score (nSPS) is 11.6. The molecule has 0 atom stereocenters. The third-order valence-electron chi connectivity index (χ3n) is 4.72. The zero-order valence-corrected chi connectivity index (χ0v) is 17.9. The number of nitrogens with zero attached hydrogens (tertiary/aromatic N) is 2. The first-order chi connectivity index (χ1) is 14.4. The Kier molecular flexibility index (Phi) is 5.69. The minimum Gasteiger partial charge on any atom is -0.467 e. The summed E-state index contributed by atoms with van der Waals surface area (Å²) in [6.07, 6.45) is 1.40. The Balaban J connectivity index is 1.60. The molecule has 1 amide bonds. The van der Waals surface area contributed by atoms with E-state index in [4.69, 9.17) is 4.42 Å². The van der Waals surface area contributed by atoms with Crippen molar-refractivity contribution in [2.24, 2.45) is 0 Å². The number of sulfone groups is 1. The van der Waals surface area contributed by atoms with Crippen LogP contribution in [0, 0.1) is 6.92 Å². The second-order valence-corrected chi connectivity index (χ2v) is 9.98. The Hall–Kier alpha value is -2.97. The lowest BCUT2D eigenvalue weighted by atomic mass is 10.2. The fraction of sp³-hybridized carbons (Fsp3) is 0.182. The number of hydrogen-bond acceptors (Lipinski definition) is 6. The van der Waals surface area contributed by atoms with Gasteiger partial charge >= 0.3 is 0 Å². The van der Waals surface area contributed by atoms with Crippen LogP contribution in [0.1, 0.15) is 17.7 Å². The summed E-state index contributed by atoms with van der Waals surface area (Å²) in [5.74, 6) is 0.0156. The zero-order valence-electron chi connectivity index (χ0n) is 16.3.